The molecule has 2 aromatic carbocycles. The van der Waals surface area contributed by atoms with Crippen LogP contribution < -0.4 is 20.3 Å². The van der Waals surface area contributed by atoms with Crippen molar-refractivity contribution in [1.82, 2.24) is 14.5 Å². The zero-order valence-corrected chi connectivity index (χ0v) is 20.3. The minimum atomic E-state index is -0.421. The van der Waals surface area contributed by atoms with Crippen molar-refractivity contribution in [2.24, 2.45) is 0 Å². The number of benzene rings is 2. The van der Waals surface area contributed by atoms with Crippen LogP contribution in [0.4, 0.5) is 10.5 Å². The summed E-state index contributed by atoms with van der Waals surface area (Å²) >= 11 is 6.15. The number of carbonyl (C=O) groups is 1. The molecule has 0 aliphatic rings. The van der Waals surface area contributed by atoms with Gasteiger partial charge >= 0.3 is 6.03 Å². The molecular formula is C24H29ClN4O4. The van der Waals surface area contributed by atoms with Gasteiger partial charge in [0.2, 0.25) is 0 Å². The molecule has 0 fully saturated rings. The Balaban J connectivity index is 2.03. The summed E-state index contributed by atoms with van der Waals surface area (Å²) in [5.41, 5.74) is 0.877. The predicted octanol–water partition coefficient (Wildman–Crippen LogP) is 5.09. The summed E-state index contributed by atoms with van der Waals surface area (Å²) in [6, 6.07) is 9.46. The van der Waals surface area contributed by atoms with Crippen LogP contribution in [-0.4, -0.2) is 41.2 Å². The molecule has 1 atom stereocenters. The molecule has 1 aromatic heterocycles. The SMILES string of the molecule is CCC(c1nc2cc(Cl)ccc2c(=O)n1CC)N(CC)C(=O)Nc1ccc(OC)cc1OC. The van der Waals surface area contributed by atoms with Gasteiger partial charge in [-0.2, -0.15) is 0 Å². The first-order chi connectivity index (χ1) is 15.9. The Kier molecular flexibility index (Phi) is 7.81. The van der Waals surface area contributed by atoms with Crippen LogP contribution in [0.15, 0.2) is 41.2 Å². The third-order valence-electron chi connectivity index (χ3n) is 5.58. The molecule has 1 heterocycles. The van der Waals surface area contributed by atoms with Crippen molar-refractivity contribution in [2.75, 3.05) is 26.1 Å². The molecule has 3 aromatic rings. The third-order valence-corrected chi connectivity index (χ3v) is 5.81. The summed E-state index contributed by atoms with van der Waals surface area (Å²) in [4.78, 5) is 32.9. The Bertz CT molecular complexity index is 1210. The molecule has 0 saturated carbocycles. The number of aromatic nitrogens is 2. The molecule has 176 valence electrons. The number of anilines is 1. The van der Waals surface area contributed by atoms with Gasteiger partial charge in [-0.15, -0.1) is 0 Å². The van der Waals surface area contributed by atoms with Gasteiger partial charge in [0.25, 0.3) is 5.56 Å². The van der Waals surface area contributed by atoms with Gasteiger partial charge in [-0.1, -0.05) is 18.5 Å². The Labute approximate surface area is 198 Å². The minimum absolute atomic E-state index is 0.152. The fraction of sp³-hybridized carbons (Fsp3) is 0.375. The molecule has 0 spiro atoms. The maximum Gasteiger partial charge on any atom is 0.322 e. The lowest BCUT2D eigenvalue weighted by Gasteiger charge is -2.31. The largest absolute Gasteiger partial charge is 0.497 e. The van der Waals surface area contributed by atoms with Crippen LogP contribution in [0.25, 0.3) is 10.9 Å². The highest BCUT2D eigenvalue weighted by atomic mass is 35.5. The first-order valence-electron chi connectivity index (χ1n) is 10.9. The van der Waals surface area contributed by atoms with Crippen molar-refractivity contribution in [1.29, 1.82) is 0 Å². The van der Waals surface area contributed by atoms with Crippen LogP contribution in [-0.2, 0) is 6.54 Å². The fourth-order valence-corrected chi connectivity index (χ4v) is 4.07. The standard InChI is InChI=1S/C24H29ClN4O4/c1-6-20(22-26-19-13-15(25)9-11-17(19)23(30)29(22)8-3)28(7-2)24(31)27-18-12-10-16(32-4)14-21(18)33-5/h9-14,20H,6-8H2,1-5H3,(H,27,31). The second-order valence-electron chi connectivity index (χ2n) is 7.39. The summed E-state index contributed by atoms with van der Waals surface area (Å²) in [6.07, 6.45) is 0.569. The molecule has 0 radical (unpaired) electrons. The highest BCUT2D eigenvalue weighted by Gasteiger charge is 2.28. The maximum absolute atomic E-state index is 13.3. The van der Waals surface area contributed by atoms with E-state index >= 15 is 0 Å². The van der Waals surface area contributed by atoms with E-state index in [4.69, 9.17) is 26.1 Å². The number of halogens is 1. The highest BCUT2D eigenvalue weighted by Crippen LogP contribution is 2.31. The molecule has 0 aliphatic heterocycles. The fourth-order valence-electron chi connectivity index (χ4n) is 3.91. The van der Waals surface area contributed by atoms with Gasteiger partial charge in [0.15, 0.2) is 0 Å². The summed E-state index contributed by atoms with van der Waals surface area (Å²) < 4.78 is 12.2. The number of hydrogen-bond acceptors (Lipinski definition) is 5. The number of nitrogens with zero attached hydrogens (tertiary/aromatic N) is 3. The topological polar surface area (TPSA) is 85.7 Å². The molecular weight excluding hydrogens is 444 g/mol. The summed E-state index contributed by atoms with van der Waals surface area (Å²) in [7, 11) is 3.09. The second-order valence-corrected chi connectivity index (χ2v) is 7.82. The van der Waals surface area contributed by atoms with E-state index in [1.54, 1.807) is 53.0 Å². The van der Waals surface area contributed by atoms with Crippen molar-refractivity contribution < 1.29 is 14.3 Å². The van der Waals surface area contributed by atoms with Crippen molar-refractivity contribution >= 4 is 34.2 Å². The Hall–Kier alpha value is -3.26. The van der Waals surface area contributed by atoms with E-state index in [0.717, 1.165) is 0 Å². The lowest BCUT2D eigenvalue weighted by Crippen LogP contribution is -2.41. The van der Waals surface area contributed by atoms with Crippen LogP contribution in [0.2, 0.25) is 5.02 Å². The minimum Gasteiger partial charge on any atom is -0.497 e. The van der Waals surface area contributed by atoms with Crippen molar-refractivity contribution in [2.45, 2.75) is 39.8 Å². The zero-order chi connectivity index (χ0) is 24.1. The van der Waals surface area contributed by atoms with Gasteiger partial charge < -0.3 is 19.7 Å². The number of urea groups is 1. The van der Waals surface area contributed by atoms with E-state index in [9.17, 15) is 9.59 Å². The molecule has 1 N–H and O–H groups in total. The number of nitrogens with one attached hydrogen (secondary N) is 1. The van der Waals surface area contributed by atoms with Crippen molar-refractivity contribution in [3.8, 4) is 11.5 Å². The van der Waals surface area contributed by atoms with Gasteiger partial charge in [-0.25, -0.2) is 9.78 Å². The number of amides is 2. The van der Waals surface area contributed by atoms with Crippen molar-refractivity contribution in [3.05, 3.63) is 57.6 Å². The molecule has 0 saturated heterocycles. The average molecular weight is 473 g/mol. The number of fused-ring (bicyclic) bond motifs is 1. The van der Waals surface area contributed by atoms with Gasteiger partial charge in [-0.05, 0) is 50.6 Å². The normalized spacial score (nSPS) is 11.8. The molecule has 33 heavy (non-hydrogen) atoms. The van der Waals surface area contributed by atoms with E-state index < -0.39 is 6.04 Å². The molecule has 0 bridgehead atoms. The van der Waals surface area contributed by atoms with Gasteiger partial charge in [-0.3, -0.25) is 9.36 Å². The molecule has 8 nitrogen and oxygen atoms in total. The molecule has 2 amide bonds. The van der Waals surface area contributed by atoms with Crippen LogP contribution in [0.1, 0.15) is 39.1 Å². The number of rotatable bonds is 8. The van der Waals surface area contributed by atoms with E-state index in [0.29, 0.717) is 58.4 Å². The zero-order valence-electron chi connectivity index (χ0n) is 19.5. The van der Waals surface area contributed by atoms with Gasteiger partial charge in [0.05, 0.1) is 36.9 Å². The van der Waals surface area contributed by atoms with Crippen LogP contribution >= 0.6 is 11.6 Å². The Morgan fingerprint density at radius 3 is 2.52 bits per heavy atom. The smallest absolute Gasteiger partial charge is 0.322 e. The van der Waals surface area contributed by atoms with E-state index in [2.05, 4.69) is 5.32 Å². The quantitative estimate of drug-likeness (QED) is 0.493. The second kappa shape index (κ2) is 10.6. The van der Waals surface area contributed by atoms with Crippen LogP contribution in [0, 0.1) is 0 Å². The first-order valence-corrected chi connectivity index (χ1v) is 11.3. The lowest BCUT2D eigenvalue weighted by molar-refractivity contribution is 0.184. The molecule has 9 heteroatoms. The highest BCUT2D eigenvalue weighted by molar-refractivity contribution is 6.31. The van der Waals surface area contributed by atoms with Gasteiger partial charge in [0.1, 0.15) is 17.3 Å². The number of hydrogen-bond donors (Lipinski definition) is 1. The van der Waals surface area contributed by atoms with E-state index in [-0.39, 0.29) is 11.6 Å². The Morgan fingerprint density at radius 2 is 1.91 bits per heavy atom. The predicted molar refractivity (Wildman–Crippen MR) is 131 cm³/mol. The van der Waals surface area contributed by atoms with E-state index in [1.807, 2.05) is 20.8 Å². The summed E-state index contributed by atoms with van der Waals surface area (Å²) in [5.74, 6) is 1.63. The lowest BCUT2D eigenvalue weighted by atomic mass is 10.1. The summed E-state index contributed by atoms with van der Waals surface area (Å²) in [5, 5.41) is 3.91. The molecule has 1 unspecified atom stereocenters. The monoisotopic (exact) mass is 472 g/mol. The molecule has 0 aliphatic carbocycles. The van der Waals surface area contributed by atoms with Crippen molar-refractivity contribution in [3.63, 3.8) is 0 Å². The molecule has 3 rings (SSSR count). The maximum atomic E-state index is 13.3. The number of methoxy groups -OCH3 is 2. The average Bonchev–Trinajstić information content (AvgIpc) is 2.82. The Morgan fingerprint density at radius 1 is 1.15 bits per heavy atom. The van der Waals surface area contributed by atoms with E-state index in [1.165, 1.54) is 7.11 Å². The number of carbonyl (C=O) groups excluding carboxylic acids is 1. The first kappa shape index (κ1) is 24.4. The van der Waals surface area contributed by atoms with Crippen LogP contribution in [0.5, 0.6) is 11.5 Å². The summed E-state index contributed by atoms with van der Waals surface area (Å²) in [6.45, 7) is 6.58. The number of ether oxygens (including phenoxy) is 2. The van der Waals surface area contributed by atoms with Crippen LogP contribution in [0.3, 0.4) is 0 Å². The van der Waals surface area contributed by atoms with Gasteiger partial charge in [0, 0.05) is 24.2 Å². The third kappa shape index (κ3) is 4.90.